The molecule has 7 heteroatoms. The van der Waals surface area contributed by atoms with Crippen LogP contribution in [0.2, 0.25) is 5.28 Å². The van der Waals surface area contributed by atoms with E-state index in [1.54, 1.807) is 6.92 Å². The quantitative estimate of drug-likeness (QED) is 0.505. The predicted molar refractivity (Wildman–Crippen MR) is 68.9 cm³/mol. The molecule has 1 aliphatic rings. The molecule has 0 saturated heterocycles. The molecule has 1 aromatic heterocycles. The minimum absolute atomic E-state index is 0.0317. The third-order valence-corrected chi connectivity index (χ3v) is 3.45. The Bertz CT molecular complexity index is 463. The number of nitro groups is 1. The summed E-state index contributed by atoms with van der Waals surface area (Å²) in [5.41, 5.74) is 0.194. The van der Waals surface area contributed by atoms with Gasteiger partial charge in [0.1, 0.15) is 5.69 Å². The third kappa shape index (κ3) is 2.87. The van der Waals surface area contributed by atoms with E-state index in [1.807, 2.05) is 0 Å². The van der Waals surface area contributed by atoms with Gasteiger partial charge in [0, 0.05) is 6.54 Å². The molecule has 1 saturated carbocycles. The highest BCUT2D eigenvalue weighted by molar-refractivity contribution is 6.28. The van der Waals surface area contributed by atoms with Gasteiger partial charge in [-0.25, -0.2) is 4.98 Å². The highest BCUT2D eigenvalue weighted by Gasteiger charge is 2.22. The van der Waals surface area contributed by atoms with Crippen LogP contribution in [0.5, 0.6) is 0 Å². The van der Waals surface area contributed by atoms with E-state index in [0.29, 0.717) is 6.54 Å². The van der Waals surface area contributed by atoms with Crippen LogP contribution in [0.25, 0.3) is 0 Å². The maximum absolute atomic E-state index is 11.0. The summed E-state index contributed by atoms with van der Waals surface area (Å²) in [4.78, 5) is 18.2. The molecule has 98 valence electrons. The number of halogens is 1. The van der Waals surface area contributed by atoms with Crippen LogP contribution in [0.3, 0.4) is 0 Å². The topological polar surface area (TPSA) is 81.0 Å². The first kappa shape index (κ1) is 13.0. The van der Waals surface area contributed by atoms with E-state index in [9.17, 15) is 10.1 Å². The zero-order chi connectivity index (χ0) is 13.1. The van der Waals surface area contributed by atoms with Gasteiger partial charge >= 0.3 is 5.69 Å². The van der Waals surface area contributed by atoms with E-state index in [2.05, 4.69) is 15.3 Å². The smallest absolute Gasteiger partial charge is 0.332 e. The van der Waals surface area contributed by atoms with Gasteiger partial charge in [-0.3, -0.25) is 10.1 Å². The molecular weight excluding hydrogens is 256 g/mol. The number of aromatic nitrogens is 2. The van der Waals surface area contributed by atoms with Gasteiger partial charge in [-0.15, -0.1) is 0 Å². The summed E-state index contributed by atoms with van der Waals surface area (Å²) >= 11 is 5.72. The van der Waals surface area contributed by atoms with Crippen LogP contribution >= 0.6 is 11.6 Å². The molecule has 0 bridgehead atoms. The van der Waals surface area contributed by atoms with Crippen LogP contribution in [0.1, 0.15) is 31.4 Å². The Kier molecular flexibility index (Phi) is 3.96. The Morgan fingerprint density at radius 1 is 1.50 bits per heavy atom. The van der Waals surface area contributed by atoms with Crippen LogP contribution in [0.4, 0.5) is 11.5 Å². The van der Waals surface area contributed by atoms with Gasteiger partial charge in [-0.05, 0) is 30.9 Å². The van der Waals surface area contributed by atoms with E-state index in [4.69, 9.17) is 11.6 Å². The van der Waals surface area contributed by atoms with E-state index in [0.717, 1.165) is 12.3 Å². The van der Waals surface area contributed by atoms with Crippen LogP contribution < -0.4 is 5.32 Å². The molecule has 0 atom stereocenters. The molecular formula is C11H15ClN4O2. The second-order valence-corrected chi connectivity index (χ2v) is 4.88. The second-order valence-electron chi connectivity index (χ2n) is 4.54. The SMILES string of the molecule is Cc1nc(Cl)nc(NCCC2CCC2)c1[N+](=O)[O-]. The van der Waals surface area contributed by atoms with Gasteiger partial charge in [-0.1, -0.05) is 19.3 Å². The fourth-order valence-corrected chi connectivity index (χ4v) is 2.26. The summed E-state index contributed by atoms with van der Waals surface area (Å²) in [6, 6.07) is 0. The molecule has 2 rings (SSSR count). The molecule has 0 unspecified atom stereocenters. The molecule has 18 heavy (non-hydrogen) atoms. The lowest BCUT2D eigenvalue weighted by Crippen LogP contribution is -2.16. The fourth-order valence-electron chi connectivity index (χ4n) is 2.05. The monoisotopic (exact) mass is 270 g/mol. The third-order valence-electron chi connectivity index (χ3n) is 3.28. The number of hydrogen-bond donors (Lipinski definition) is 1. The van der Waals surface area contributed by atoms with Gasteiger partial charge in [0.15, 0.2) is 0 Å². The Labute approximate surface area is 110 Å². The fraction of sp³-hybridized carbons (Fsp3) is 0.636. The first-order valence-corrected chi connectivity index (χ1v) is 6.38. The number of anilines is 1. The van der Waals surface area contributed by atoms with Crippen molar-refractivity contribution >= 4 is 23.1 Å². The molecule has 1 aliphatic carbocycles. The van der Waals surface area contributed by atoms with Crippen LogP contribution in [0, 0.1) is 23.0 Å². The average molecular weight is 271 g/mol. The average Bonchev–Trinajstić information content (AvgIpc) is 2.19. The number of nitrogens with one attached hydrogen (secondary N) is 1. The molecule has 6 nitrogen and oxygen atoms in total. The Balaban J connectivity index is 2.07. The lowest BCUT2D eigenvalue weighted by molar-refractivity contribution is -0.385. The minimum Gasteiger partial charge on any atom is -0.364 e. The van der Waals surface area contributed by atoms with Crippen molar-refractivity contribution in [3.8, 4) is 0 Å². The maximum Gasteiger partial charge on any atom is 0.332 e. The largest absolute Gasteiger partial charge is 0.364 e. The summed E-state index contributed by atoms with van der Waals surface area (Å²) < 4.78 is 0. The zero-order valence-electron chi connectivity index (χ0n) is 10.1. The van der Waals surface area contributed by atoms with Crippen molar-refractivity contribution < 1.29 is 4.92 Å². The van der Waals surface area contributed by atoms with Crippen molar-refractivity contribution in [2.24, 2.45) is 5.92 Å². The Morgan fingerprint density at radius 2 is 2.22 bits per heavy atom. The molecule has 0 aromatic carbocycles. The van der Waals surface area contributed by atoms with Crippen molar-refractivity contribution in [2.75, 3.05) is 11.9 Å². The van der Waals surface area contributed by atoms with Gasteiger partial charge < -0.3 is 5.32 Å². The Hall–Kier alpha value is -1.43. The van der Waals surface area contributed by atoms with Gasteiger partial charge in [0.2, 0.25) is 11.1 Å². The van der Waals surface area contributed by atoms with Crippen molar-refractivity contribution in [1.29, 1.82) is 0 Å². The van der Waals surface area contributed by atoms with E-state index in [1.165, 1.54) is 19.3 Å². The highest BCUT2D eigenvalue weighted by Crippen LogP contribution is 2.30. The summed E-state index contributed by atoms with van der Waals surface area (Å²) in [6.45, 7) is 2.24. The second kappa shape index (κ2) is 5.48. The molecule has 1 fully saturated rings. The van der Waals surface area contributed by atoms with E-state index >= 15 is 0 Å². The van der Waals surface area contributed by atoms with Crippen LogP contribution in [-0.4, -0.2) is 21.4 Å². The van der Waals surface area contributed by atoms with E-state index in [-0.39, 0.29) is 22.5 Å². The first-order chi connectivity index (χ1) is 8.58. The number of nitrogens with zero attached hydrogens (tertiary/aromatic N) is 3. The molecule has 0 amide bonds. The first-order valence-electron chi connectivity index (χ1n) is 6.00. The van der Waals surface area contributed by atoms with E-state index < -0.39 is 4.92 Å². The molecule has 0 spiro atoms. The van der Waals surface area contributed by atoms with Crippen molar-refractivity contribution in [1.82, 2.24) is 9.97 Å². The van der Waals surface area contributed by atoms with Gasteiger partial charge in [-0.2, -0.15) is 4.98 Å². The predicted octanol–water partition coefficient (Wildman–Crippen LogP) is 2.95. The number of rotatable bonds is 5. The van der Waals surface area contributed by atoms with Crippen molar-refractivity contribution in [2.45, 2.75) is 32.6 Å². The molecule has 0 radical (unpaired) electrons. The van der Waals surface area contributed by atoms with Gasteiger partial charge in [0.25, 0.3) is 0 Å². The maximum atomic E-state index is 11.0. The minimum atomic E-state index is -0.475. The van der Waals surface area contributed by atoms with Crippen LogP contribution in [-0.2, 0) is 0 Å². The Morgan fingerprint density at radius 3 is 2.78 bits per heavy atom. The summed E-state index contributed by atoms with van der Waals surface area (Å²) in [6.07, 6.45) is 4.82. The molecule has 1 aromatic rings. The molecule has 0 aliphatic heterocycles. The lowest BCUT2D eigenvalue weighted by atomic mass is 9.83. The summed E-state index contributed by atoms with van der Waals surface area (Å²) in [5, 5.41) is 14.0. The lowest BCUT2D eigenvalue weighted by Gasteiger charge is -2.25. The number of hydrogen-bond acceptors (Lipinski definition) is 5. The van der Waals surface area contributed by atoms with Gasteiger partial charge in [0.05, 0.1) is 4.92 Å². The molecule has 1 N–H and O–H groups in total. The summed E-state index contributed by atoms with van der Waals surface area (Å²) in [7, 11) is 0. The normalized spacial score (nSPS) is 15.2. The van der Waals surface area contributed by atoms with Crippen molar-refractivity contribution in [3.05, 3.63) is 21.1 Å². The highest BCUT2D eigenvalue weighted by atomic mass is 35.5. The standard InChI is InChI=1S/C11H15ClN4O2/c1-7-9(16(17)18)10(15-11(12)14-7)13-6-5-8-3-2-4-8/h8H,2-6H2,1H3,(H,13,14,15). The zero-order valence-corrected chi connectivity index (χ0v) is 10.9. The summed E-state index contributed by atoms with van der Waals surface area (Å²) in [5.74, 6) is 0.965. The van der Waals surface area contributed by atoms with Crippen LogP contribution in [0.15, 0.2) is 0 Å². The number of aryl methyl sites for hydroxylation is 1. The van der Waals surface area contributed by atoms with Crippen molar-refractivity contribution in [3.63, 3.8) is 0 Å². The molecule has 1 heterocycles.